The maximum absolute atomic E-state index is 13.1. The predicted molar refractivity (Wildman–Crippen MR) is 132 cm³/mol. The molecular weight excluding hydrogens is 446 g/mol. The van der Waals surface area contributed by atoms with Gasteiger partial charge in [0.1, 0.15) is 5.75 Å². The number of anilines is 1. The average Bonchev–Trinajstić information content (AvgIpc) is 2.87. The number of aryl methyl sites for hydroxylation is 1. The van der Waals surface area contributed by atoms with Gasteiger partial charge in [-0.1, -0.05) is 24.3 Å². The summed E-state index contributed by atoms with van der Waals surface area (Å²) in [5, 5.41) is 8.73. The summed E-state index contributed by atoms with van der Waals surface area (Å²) in [6.07, 6.45) is 6.00. The first kappa shape index (κ1) is 24.2. The van der Waals surface area contributed by atoms with Gasteiger partial charge in [-0.05, 0) is 67.5 Å². The van der Waals surface area contributed by atoms with Gasteiger partial charge in [0.25, 0.3) is 0 Å². The Hall–Kier alpha value is -3.94. The Labute approximate surface area is 204 Å². The number of aromatic nitrogens is 2. The van der Waals surface area contributed by atoms with Crippen LogP contribution in [0.1, 0.15) is 36.0 Å². The monoisotopic (exact) mass is 475 g/mol. The lowest BCUT2D eigenvalue weighted by Crippen LogP contribution is -2.35. The molecule has 3 aromatic rings. The van der Waals surface area contributed by atoms with E-state index in [4.69, 9.17) is 14.6 Å². The minimum atomic E-state index is -1.09. The summed E-state index contributed by atoms with van der Waals surface area (Å²) in [6, 6.07) is 11.9. The van der Waals surface area contributed by atoms with Crippen molar-refractivity contribution in [2.24, 2.45) is 0 Å². The number of fused-ring (bicyclic) bond motifs is 1. The molecule has 35 heavy (non-hydrogen) atoms. The minimum absolute atomic E-state index is 0.0147. The Kier molecular flexibility index (Phi) is 7.60. The number of nitrogens with zero attached hydrogens (tertiary/aromatic N) is 3. The summed E-state index contributed by atoms with van der Waals surface area (Å²) in [5.74, 6) is -0.134. The third-order valence-electron chi connectivity index (χ3n) is 6.16. The maximum atomic E-state index is 13.1. The van der Waals surface area contributed by atoms with Gasteiger partial charge in [0.2, 0.25) is 5.91 Å². The van der Waals surface area contributed by atoms with Gasteiger partial charge in [-0.2, -0.15) is 0 Å². The lowest BCUT2D eigenvalue weighted by atomic mass is 9.93. The molecule has 0 saturated carbocycles. The molecule has 8 heteroatoms. The molecule has 1 aliphatic heterocycles. The van der Waals surface area contributed by atoms with Gasteiger partial charge in [0.05, 0.1) is 6.61 Å². The van der Waals surface area contributed by atoms with Crippen LogP contribution in [0.15, 0.2) is 48.8 Å². The van der Waals surface area contributed by atoms with Crippen molar-refractivity contribution in [2.75, 3.05) is 24.7 Å². The van der Waals surface area contributed by atoms with Crippen LogP contribution in [-0.4, -0.2) is 46.7 Å². The highest BCUT2D eigenvalue weighted by atomic mass is 16.5. The van der Waals surface area contributed by atoms with Crippen molar-refractivity contribution in [3.05, 3.63) is 65.5 Å². The van der Waals surface area contributed by atoms with E-state index < -0.39 is 12.6 Å². The van der Waals surface area contributed by atoms with Gasteiger partial charge in [-0.25, -0.2) is 14.8 Å². The predicted octanol–water partition coefficient (Wildman–Crippen LogP) is 4.36. The van der Waals surface area contributed by atoms with Crippen LogP contribution >= 0.6 is 0 Å². The number of benzene rings is 2. The summed E-state index contributed by atoms with van der Waals surface area (Å²) in [6.45, 7) is 4.78. The Morgan fingerprint density at radius 3 is 2.60 bits per heavy atom. The maximum Gasteiger partial charge on any atom is 0.341 e. The minimum Gasteiger partial charge on any atom is -0.493 e. The fourth-order valence-electron chi connectivity index (χ4n) is 4.23. The van der Waals surface area contributed by atoms with Gasteiger partial charge in [0.15, 0.2) is 6.61 Å². The molecule has 2 aromatic carbocycles. The van der Waals surface area contributed by atoms with Crippen molar-refractivity contribution in [1.29, 1.82) is 0 Å². The number of amides is 1. The van der Waals surface area contributed by atoms with Crippen LogP contribution in [0, 0.1) is 13.8 Å². The van der Waals surface area contributed by atoms with Crippen LogP contribution in [0.4, 0.5) is 5.69 Å². The summed E-state index contributed by atoms with van der Waals surface area (Å²) < 4.78 is 10.9. The zero-order valence-corrected chi connectivity index (χ0v) is 20.0. The highest BCUT2D eigenvalue weighted by molar-refractivity contribution is 5.96. The molecule has 0 bridgehead atoms. The van der Waals surface area contributed by atoms with Crippen molar-refractivity contribution >= 4 is 17.6 Å². The lowest BCUT2D eigenvalue weighted by Gasteiger charge is -2.31. The van der Waals surface area contributed by atoms with E-state index in [1.54, 1.807) is 12.4 Å². The first-order valence-electron chi connectivity index (χ1n) is 11.7. The Balaban J connectivity index is 1.41. The van der Waals surface area contributed by atoms with E-state index in [9.17, 15) is 9.59 Å². The fourth-order valence-corrected chi connectivity index (χ4v) is 4.23. The van der Waals surface area contributed by atoms with Crippen molar-refractivity contribution in [3.63, 3.8) is 0 Å². The Morgan fingerprint density at radius 1 is 1.06 bits per heavy atom. The molecule has 4 rings (SSSR count). The molecule has 0 unspecified atom stereocenters. The molecule has 0 fully saturated rings. The van der Waals surface area contributed by atoms with E-state index in [1.165, 1.54) is 5.56 Å². The number of aliphatic carboxylic acids is 1. The molecule has 1 N–H and O–H groups in total. The van der Waals surface area contributed by atoms with Crippen molar-refractivity contribution in [2.45, 2.75) is 39.5 Å². The van der Waals surface area contributed by atoms with E-state index in [0.717, 1.165) is 46.5 Å². The quantitative estimate of drug-likeness (QED) is 0.459. The number of hydrogen-bond donors (Lipinski definition) is 1. The van der Waals surface area contributed by atoms with Crippen LogP contribution in [-0.2, 0) is 16.0 Å². The number of ether oxygens (including phenoxy) is 2. The van der Waals surface area contributed by atoms with Gasteiger partial charge in [-0.3, -0.25) is 4.79 Å². The number of carboxylic acid groups (broad SMARTS) is 1. The number of rotatable bonds is 9. The van der Waals surface area contributed by atoms with Crippen molar-refractivity contribution in [3.8, 4) is 22.9 Å². The smallest absolute Gasteiger partial charge is 0.341 e. The number of hydrogen-bond acceptors (Lipinski definition) is 6. The highest BCUT2D eigenvalue weighted by Gasteiger charge is 2.24. The van der Waals surface area contributed by atoms with Crippen LogP contribution in [0.2, 0.25) is 0 Å². The molecule has 0 saturated heterocycles. The first-order chi connectivity index (χ1) is 16.9. The standard InChI is InChI=1S/C27H29N3O5/c1-18-7-3-11-24(19(18)2)34-14-6-12-25(31)30-13-5-9-22-21(8-4-10-23(22)30)20-15-28-27(29-16-20)35-17-26(32)33/h3-4,7-8,10-11,15-16H,5-6,9,12-14,17H2,1-2H3,(H,32,33). The molecule has 0 radical (unpaired) electrons. The molecule has 182 valence electrons. The summed E-state index contributed by atoms with van der Waals surface area (Å²) in [5.41, 5.74) is 6.07. The SMILES string of the molecule is Cc1cccc(OCCCC(=O)N2CCCc3c(-c4cnc(OCC(=O)O)nc4)cccc32)c1C. The van der Waals surface area contributed by atoms with Crippen molar-refractivity contribution in [1.82, 2.24) is 9.97 Å². The zero-order chi connectivity index (χ0) is 24.8. The third kappa shape index (κ3) is 5.77. The molecule has 8 nitrogen and oxygen atoms in total. The second-order valence-corrected chi connectivity index (χ2v) is 8.54. The van der Waals surface area contributed by atoms with Crippen LogP contribution in [0.25, 0.3) is 11.1 Å². The molecule has 1 amide bonds. The van der Waals surface area contributed by atoms with Crippen LogP contribution in [0.5, 0.6) is 11.8 Å². The Bertz CT molecular complexity index is 1210. The summed E-state index contributed by atoms with van der Waals surface area (Å²) in [4.78, 5) is 33.9. The lowest BCUT2D eigenvalue weighted by molar-refractivity contribution is -0.139. The molecule has 1 aliphatic rings. The molecule has 0 spiro atoms. The second-order valence-electron chi connectivity index (χ2n) is 8.54. The van der Waals surface area contributed by atoms with Gasteiger partial charge in [0, 0.05) is 36.6 Å². The summed E-state index contributed by atoms with van der Waals surface area (Å²) in [7, 11) is 0. The molecular formula is C27H29N3O5. The van der Waals surface area contributed by atoms with E-state index in [-0.39, 0.29) is 11.9 Å². The van der Waals surface area contributed by atoms with E-state index in [0.29, 0.717) is 26.0 Å². The molecule has 0 atom stereocenters. The third-order valence-corrected chi connectivity index (χ3v) is 6.16. The summed E-state index contributed by atoms with van der Waals surface area (Å²) >= 11 is 0. The highest BCUT2D eigenvalue weighted by Crippen LogP contribution is 2.35. The van der Waals surface area contributed by atoms with Crippen LogP contribution < -0.4 is 14.4 Å². The number of carboxylic acids is 1. The van der Waals surface area contributed by atoms with E-state index >= 15 is 0 Å². The average molecular weight is 476 g/mol. The van der Waals surface area contributed by atoms with E-state index in [1.807, 2.05) is 42.2 Å². The largest absolute Gasteiger partial charge is 0.493 e. The van der Waals surface area contributed by atoms with Gasteiger partial charge >= 0.3 is 12.0 Å². The topological polar surface area (TPSA) is 102 Å². The zero-order valence-electron chi connectivity index (χ0n) is 20.0. The van der Waals surface area contributed by atoms with Crippen molar-refractivity contribution < 1.29 is 24.2 Å². The Morgan fingerprint density at radius 2 is 1.83 bits per heavy atom. The normalized spacial score (nSPS) is 12.7. The molecule has 0 aliphatic carbocycles. The fraction of sp³-hybridized carbons (Fsp3) is 0.333. The number of carbonyl (C=O) groups excluding carboxylic acids is 1. The number of carbonyl (C=O) groups is 2. The van der Waals surface area contributed by atoms with Crippen LogP contribution in [0.3, 0.4) is 0 Å². The first-order valence-corrected chi connectivity index (χ1v) is 11.7. The van der Waals surface area contributed by atoms with E-state index in [2.05, 4.69) is 23.0 Å². The van der Waals surface area contributed by atoms with Gasteiger partial charge in [-0.15, -0.1) is 0 Å². The van der Waals surface area contributed by atoms with Gasteiger partial charge < -0.3 is 19.5 Å². The second kappa shape index (κ2) is 11.0. The molecule has 2 heterocycles. The molecule has 1 aromatic heterocycles.